The summed E-state index contributed by atoms with van der Waals surface area (Å²) in [6, 6.07) is 15.2. The van der Waals surface area contributed by atoms with Gasteiger partial charge in [0.2, 0.25) is 0 Å². The maximum atomic E-state index is 15.1. The molecule has 1 saturated heterocycles. The standard InChI is InChI=1S/C51H69NO13S/c1-7-8-9-10-11-12-13-14-15-22-27-66-47(60)52-39(33-23-18-16-19-24-33)41(56)46(59)63-35-29-51(61)44(64-45(58)34-25-20-17-21-26-34)42-49(6,43(57)40(55)38(31(35)2)48(51,4)5)36(54)28-37-50(42,30-62-37)65-32(3)53/h16-21,23-26,35-37,39-42,44,54-56,61H,7-15,22,27-30H2,1-6H3,(H,52,60)/t35-,36-,37+,39-,40+,41+,42-,44-,49+,50-,51+/m0/s1. The van der Waals surface area contributed by atoms with Crippen LogP contribution in [0, 0.1) is 16.7 Å². The van der Waals surface area contributed by atoms with Crippen LogP contribution in [0.15, 0.2) is 71.8 Å². The van der Waals surface area contributed by atoms with E-state index in [0.717, 1.165) is 37.4 Å². The first kappa shape index (κ1) is 51.3. The van der Waals surface area contributed by atoms with Crippen molar-refractivity contribution in [3.8, 4) is 0 Å². The summed E-state index contributed by atoms with van der Waals surface area (Å²) in [4.78, 5) is 69.8. The highest BCUT2D eigenvalue weighted by Crippen LogP contribution is 2.64. The number of ether oxygens (including phenoxy) is 4. The van der Waals surface area contributed by atoms with Crippen LogP contribution < -0.4 is 5.32 Å². The maximum absolute atomic E-state index is 15.1. The number of rotatable bonds is 19. The molecule has 6 rings (SSSR count). The van der Waals surface area contributed by atoms with Gasteiger partial charge in [-0.15, -0.1) is 0 Å². The number of hydrogen-bond acceptors (Lipinski definition) is 14. The Hall–Kier alpha value is -4.12. The van der Waals surface area contributed by atoms with E-state index >= 15 is 4.79 Å². The first-order valence-corrected chi connectivity index (χ1v) is 24.6. The van der Waals surface area contributed by atoms with Gasteiger partial charge in [-0.2, -0.15) is 0 Å². The molecule has 3 fully saturated rings. The van der Waals surface area contributed by atoms with Gasteiger partial charge in [0.15, 0.2) is 17.5 Å². The molecule has 0 spiro atoms. The summed E-state index contributed by atoms with van der Waals surface area (Å²) in [5.41, 5.74) is -7.00. The predicted molar refractivity (Wildman–Crippen MR) is 247 cm³/mol. The first-order valence-electron chi connectivity index (χ1n) is 23.6. The highest BCUT2D eigenvalue weighted by Gasteiger charge is 2.78. The number of amides is 1. The summed E-state index contributed by atoms with van der Waals surface area (Å²) < 4.78 is 24.4. The SMILES string of the molecule is CCCCCCCCCCCCSC(=O)N[C@@H](c1ccccc1)[C@@H](O)C(=O)O[C@H]1C[C@@]2(O)[C@@H](OC(=O)c3ccccc3)[C@@H]3[C@]4(OC(C)=O)CO[C@@H]4C[C@H](O)[C@@]3(C)C(=O)[C@H](O)C(=C1C)C2(C)C. The third kappa shape index (κ3) is 10.0. The largest absolute Gasteiger partial charge is 0.456 e. The van der Waals surface area contributed by atoms with E-state index in [9.17, 15) is 39.6 Å². The van der Waals surface area contributed by atoms with Crippen molar-refractivity contribution in [1.82, 2.24) is 5.32 Å². The van der Waals surface area contributed by atoms with E-state index in [0.29, 0.717) is 11.3 Å². The molecule has 0 radical (unpaired) electrons. The predicted octanol–water partition coefficient (Wildman–Crippen LogP) is 7.10. The van der Waals surface area contributed by atoms with Crippen molar-refractivity contribution in [3.63, 3.8) is 0 Å². The average molecular weight is 936 g/mol. The van der Waals surface area contributed by atoms with Gasteiger partial charge >= 0.3 is 17.9 Å². The molecule has 2 saturated carbocycles. The second kappa shape index (κ2) is 21.5. The van der Waals surface area contributed by atoms with Crippen molar-refractivity contribution < 1.29 is 63.3 Å². The van der Waals surface area contributed by atoms with E-state index in [4.69, 9.17) is 18.9 Å². The molecule has 2 aromatic rings. The number of aliphatic hydroxyl groups is 4. The van der Waals surface area contributed by atoms with Crippen LogP contribution in [0.1, 0.15) is 141 Å². The Morgan fingerprint density at radius 1 is 0.879 bits per heavy atom. The monoisotopic (exact) mass is 935 g/mol. The van der Waals surface area contributed by atoms with E-state index in [1.165, 1.54) is 71.4 Å². The lowest BCUT2D eigenvalue weighted by molar-refractivity contribution is -0.346. The Balaban J connectivity index is 1.30. The number of thioether (sulfide) groups is 1. The van der Waals surface area contributed by atoms with Crippen LogP contribution in [0.3, 0.4) is 0 Å². The normalized spacial score (nSPS) is 30.8. The molecule has 2 aromatic carbocycles. The minimum atomic E-state index is -2.33. The van der Waals surface area contributed by atoms with E-state index in [2.05, 4.69) is 12.2 Å². The summed E-state index contributed by atoms with van der Waals surface area (Å²) in [6.45, 7) is 9.19. The molecule has 14 nitrogen and oxygen atoms in total. The number of nitrogens with one attached hydrogen (secondary N) is 1. The van der Waals surface area contributed by atoms with Crippen molar-refractivity contribution in [2.75, 3.05) is 12.4 Å². The van der Waals surface area contributed by atoms with Crippen LogP contribution in [0.4, 0.5) is 4.79 Å². The number of ketones is 1. The molecule has 1 amide bonds. The lowest BCUT2D eigenvalue weighted by atomic mass is 9.44. The summed E-state index contributed by atoms with van der Waals surface area (Å²) in [5, 5.41) is 51.9. The van der Waals surface area contributed by atoms with Gasteiger partial charge in [0, 0.05) is 30.9 Å². The summed E-state index contributed by atoms with van der Waals surface area (Å²) in [7, 11) is 0. The van der Waals surface area contributed by atoms with Gasteiger partial charge in [-0.05, 0) is 49.1 Å². The van der Waals surface area contributed by atoms with E-state index < -0.39 is 106 Å². The van der Waals surface area contributed by atoms with Crippen molar-refractivity contribution in [2.45, 2.75) is 172 Å². The second-order valence-electron chi connectivity index (χ2n) is 19.4. The highest BCUT2D eigenvalue weighted by molar-refractivity contribution is 8.13. The Labute approximate surface area is 392 Å². The average Bonchev–Trinajstić information content (AvgIpc) is 3.28. The van der Waals surface area contributed by atoms with Crippen LogP contribution in [0.5, 0.6) is 0 Å². The zero-order valence-electron chi connectivity index (χ0n) is 39.2. The molecule has 15 heteroatoms. The Bertz CT molecular complexity index is 2080. The number of hydrogen-bond donors (Lipinski definition) is 5. The van der Waals surface area contributed by atoms with Gasteiger partial charge in [0.1, 0.15) is 30.0 Å². The van der Waals surface area contributed by atoms with Crippen LogP contribution in [0.25, 0.3) is 0 Å². The van der Waals surface area contributed by atoms with Gasteiger partial charge in [-0.3, -0.25) is 14.4 Å². The number of carbonyl (C=O) groups excluding carboxylic acids is 5. The van der Waals surface area contributed by atoms with Gasteiger partial charge in [-0.1, -0.05) is 139 Å². The molecule has 1 aliphatic heterocycles. The number of Topliss-reactive ketones (excluding diaryl/α,β-unsaturated/α-hetero) is 1. The third-order valence-electron chi connectivity index (χ3n) is 14.9. The van der Waals surface area contributed by atoms with Crippen LogP contribution in [-0.4, -0.2) is 110 Å². The minimum Gasteiger partial charge on any atom is -0.456 e. The second-order valence-corrected chi connectivity index (χ2v) is 20.5. The number of benzene rings is 2. The van der Waals surface area contributed by atoms with Gasteiger partial charge < -0.3 is 44.7 Å². The Morgan fingerprint density at radius 2 is 1.47 bits per heavy atom. The van der Waals surface area contributed by atoms with Crippen LogP contribution >= 0.6 is 11.8 Å². The van der Waals surface area contributed by atoms with Gasteiger partial charge in [-0.25, -0.2) is 9.59 Å². The fourth-order valence-corrected chi connectivity index (χ4v) is 11.8. The van der Waals surface area contributed by atoms with Crippen molar-refractivity contribution in [1.29, 1.82) is 0 Å². The van der Waals surface area contributed by atoms with E-state index in [1.54, 1.807) is 62.4 Å². The summed E-state index contributed by atoms with van der Waals surface area (Å²) in [5.74, 6) is -4.68. The quantitative estimate of drug-likeness (QED) is 0.0412. The number of esters is 3. The van der Waals surface area contributed by atoms with Gasteiger partial charge in [0.05, 0.1) is 35.6 Å². The molecular formula is C51H69NO13S. The molecule has 3 aliphatic carbocycles. The minimum absolute atomic E-state index is 0.0361. The van der Waals surface area contributed by atoms with E-state index in [1.807, 2.05) is 0 Å². The molecule has 5 N–H and O–H groups in total. The zero-order chi connectivity index (χ0) is 48.0. The fourth-order valence-electron chi connectivity index (χ4n) is 11.0. The van der Waals surface area contributed by atoms with Crippen molar-refractivity contribution in [3.05, 3.63) is 82.9 Å². The van der Waals surface area contributed by atoms with Crippen molar-refractivity contribution >= 4 is 40.7 Å². The molecule has 0 aromatic heterocycles. The van der Waals surface area contributed by atoms with Crippen LogP contribution in [0.2, 0.25) is 0 Å². The van der Waals surface area contributed by atoms with E-state index in [-0.39, 0.29) is 29.7 Å². The lowest BCUT2D eigenvalue weighted by Crippen LogP contribution is -2.81. The number of aliphatic hydroxyl groups excluding tert-OH is 3. The topological polar surface area (TPSA) is 215 Å². The Kier molecular flexibility index (Phi) is 16.7. The number of unbranched alkanes of at least 4 members (excludes halogenated alkanes) is 9. The number of carbonyl (C=O) groups is 5. The Morgan fingerprint density at radius 3 is 2.05 bits per heavy atom. The van der Waals surface area contributed by atoms with Crippen molar-refractivity contribution in [2.24, 2.45) is 16.7 Å². The molecule has 1 heterocycles. The smallest absolute Gasteiger partial charge is 0.338 e. The highest BCUT2D eigenvalue weighted by atomic mass is 32.2. The lowest BCUT2D eigenvalue weighted by Gasteiger charge is -2.67. The van der Waals surface area contributed by atoms with Crippen LogP contribution in [-0.2, 0) is 33.3 Å². The summed E-state index contributed by atoms with van der Waals surface area (Å²) in [6.07, 6.45) is 1.20. The molecule has 362 valence electrons. The molecular weight excluding hydrogens is 867 g/mol. The molecule has 4 aliphatic rings. The molecule has 66 heavy (non-hydrogen) atoms. The first-order chi connectivity index (χ1) is 31.3. The molecule has 2 bridgehead atoms. The van der Waals surface area contributed by atoms with Gasteiger partial charge in [0.25, 0.3) is 5.24 Å². The molecule has 11 atom stereocenters. The number of fused-ring (bicyclic) bond motifs is 5. The fraction of sp³-hybridized carbons (Fsp3) is 0.627. The summed E-state index contributed by atoms with van der Waals surface area (Å²) >= 11 is 1.06. The third-order valence-corrected chi connectivity index (χ3v) is 15.8. The molecule has 0 unspecified atom stereocenters. The maximum Gasteiger partial charge on any atom is 0.338 e. The zero-order valence-corrected chi connectivity index (χ0v) is 40.0.